The van der Waals surface area contributed by atoms with Crippen LogP contribution in [0.4, 0.5) is 5.82 Å². The third-order valence-electron chi connectivity index (χ3n) is 3.28. The lowest BCUT2D eigenvalue weighted by Crippen LogP contribution is -2.29. The van der Waals surface area contributed by atoms with E-state index in [1.54, 1.807) is 29.5 Å². The van der Waals surface area contributed by atoms with Crippen molar-refractivity contribution < 1.29 is 8.42 Å². The molecule has 0 spiro atoms. The molecule has 102 valence electrons. The summed E-state index contributed by atoms with van der Waals surface area (Å²) >= 11 is 3.34. The Kier molecular flexibility index (Phi) is 2.72. The van der Waals surface area contributed by atoms with E-state index >= 15 is 0 Å². The number of hydrogen-bond donors (Lipinski definition) is 0. The fourth-order valence-corrected chi connectivity index (χ4v) is 4.44. The first kappa shape index (κ1) is 12.7. The minimum atomic E-state index is -3.60. The van der Waals surface area contributed by atoms with Gasteiger partial charge >= 0.3 is 0 Å². The zero-order valence-corrected chi connectivity index (χ0v) is 12.8. The van der Waals surface area contributed by atoms with Crippen molar-refractivity contribution in [3.63, 3.8) is 0 Å². The van der Waals surface area contributed by atoms with E-state index in [1.807, 2.05) is 0 Å². The summed E-state index contributed by atoms with van der Waals surface area (Å²) in [6, 6.07) is 0. The molecule has 3 heterocycles. The van der Waals surface area contributed by atoms with Gasteiger partial charge in [0.25, 0.3) is 10.0 Å². The molecule has 0 fully saturated rings. The minimum Gasteiger partial charge on any atom is -0.272 e. The third-order valence-corrected chi connectivity index (χ3v) is 5.73. The second-order valence-corrected chi connectivity index (χ2v) is 7.02. The van der Waals surface area contributed by atoms with Crippen LogP contribution in [0.1, 0.15) is 5.69 Å². The van der Waals surface area contributed by atoms with Gasteiger partial charge in [-0.3, -0.25) is 4.68 Å². The van der Waals surface area contributed by atoms with E-state index in [2.05, 4.69) is 26.1 Å². The van der Waals surface area contributed by atoms with Crippen molar-refractivity contribution in [1.82, 2.24) is 19.6 Å². The zero-order valence-electron chi connectivity index (χ0n) is 10.4. The van der Waals surface area contributed by atoms with Crippen molar-refractivity contribution >= 4 is 31.8 Å². The van der Waals surface area contributed by atoms with Crippen molar-refractivity contribution in [2.75, 3.05) is 10.8 Å². The van der Waals surface area contributed by atoms with E-state index in [4.69, 9.17) is 0 Å². The fraction of sp³-hybridized carbons (Fsp3) is 0.400. The van der Waals surface area contributed by atoms with E-state index in [-0.39, 0.29) is 4.90 Å². The predicted octanol–water partition coefficient (Wildman–Crippen LogP) is 0.896. The van der Waals surface area contributed by atoms with Gasteiger partial charge in [0.05, 0.1) is 35.6 Å². The number of nitrogens with zero attached hydrogens (tertiary/aromatic N) is 5. The maximum absolute atomic E-state index is 12.7. The Balaban J connectivity index is 2.13. The first-order chi connectivity index (χ1) is 8.93. The molecule has 0 saturated carbocycles. The molecule has 0 saturated heterocycles. The third kappa shape index (κ3) is 1.71. The highest BCUT2D eigenvalue weighted by atomic mass is 79.9. The van der Waals surface area contributed by atoms with Crippen LogP contribution in [0, 0.1) is 6.92 Å². The molecule has 1 aliphatic heterocycles. The van der Waals surface area contributed by atoms with E-state index in [1.165, 1.54) is 10.5 Å². The SMILES string of the molecule is Cc1c(S(=O)(=O)N2CCn3ncc(Br)c32)cnn1C. The Labute approximate surface area is 119 Å². The van der Waals surface area contributed by atoms with Crippen LogP contribution < -0.4 is 4.31 Å². The van der Waals surface area contributed by atoms with Gasteiger partial charge in [-0.2, -0.15) is 10.2 Å². The fourth-order valence-electron chi connectivity index (χ4n) is 2.14. The molecule has 0 amide bonds. The van der Waals surface area contributed by atoms with Crippen LogP contribution in [0.5, 0.6) is 0 Å². The second-order valence-electron chi connectivity index (χ2n) is 4.33. The summed E-state index contributed by atoms with van der Waals surface area (Å²) in [5.41, 5.74) is 0.620. The second kappa shape index (κ2) is 4.07. The van der Waals surface area contributed by atoms with Crippen molar-refractivity contribution in [1.29, 1.82) is 0 Å². The molecular formula is C10H12BrN5O2S. The Morgan fingerprint density at radius 1 is 1.26 bits per heavy atom. The average molecular weight is 346 g/mol. The first-order valence-electron chi connectivity index (χ1n) is 5.65. The summed E-state index contributed by atoms with van der Waals surface area (Å²) in [6.45, 7) is 2.68. The Bertz CT molecular complexity index is 748. The van der Waals surface area contributed by atoms with Gasteiger partial charge in [-0.1, -0.05) is 0 Å². The van der Waals surface area contributed by atoms with E-state index < -0.39 is 10.0 Å². The van der Waals surface area contributed by atoms with Crippen molar-refractivity contribution in [3.8, 4) is 0 Å². The molecular weight excluding hydrogens is 334 g/mol. The number of anilines is 1. The van der Waals surface area contributed by atoms with Crippen LogP contribution in [0.3, 0.4) is 0 Å². The molecule has 0 atom stereocenters. The molecule has 7 nitrogen and oxygen atoms in total. The number of halogens is 1. The summed E-state index contributed by atoms with van der Waals surface area (Å²) in [5, 5.41) is 8.12. The van der Waals surface area contributed by atoms with Gasteiger partial charge < -0.3 is 0 Å². The zero-order chi connectivity index (χ0) is 13.8. The summed E-state index contributed by atoms with van der Waals surface area (Å²) in [7, 11) is -1.87. The molecule has 0 radical (unpaired) electrons. The number of fused-ring (bicyclic) bond motifs is 1. The van der Waals surface area contributed by atoms with Gasteiger partial charge in [0.15, 0.2) is 5.82 Å². The number of hydrogen-bond acceptors (Lipinski definition) is 4. The maximum Gasteiger partial charge on any atom is 0.268 e. The summed E-state index contributed by atoms with van der Waals surface area (Å²) in [5.74, 6) is 0.572. The molecule has 9 heteroatoms. The molecule has 19 heavy (non-hydrogen) atoms. The smallest absolute Gasteiger partial charge is 0.268 e. The minimum absolute atomic E-state index is 0.233. The topological polar surface area (TPSA) is 73.0 Å². The monoisotopic (exact) mass is 345 g/mol. The van der Waals surface area contributed by atoms with Crippen LogP contribution in [0.25, 0.3) is 0 Å². The lowest BCUT2D eigenvalue weighted by atomic mass is 10.5. The number of sulfonamides is 1. The predicted molar refractivity (Wildman–Crippen MR) is 72.4 cm³/mol. The Morgan fingerprint density at radius 2 is 2.00 bits per heavy atom. The number of rotatable bonds is 2. The van der Waals surface area contributed by atoms with Crippen LogP contribution in [-0.4, -0.2) is 34.5 Å². The lowest BCUT2D eigenvalue weighted by Gasteiger charge is -2.17. The first-order valence-corrected chi connectivity index (χ1v) is 7.89. The van der Waals surface area contributed by atoms with Crippen LogP contribution in [-0.2, 0) is 23.6 Å². The molecule has 0 unspecified atom stereocenters. The van der Waals surface area contributed by atoms with Crippen LogP contribution >= 0.6 is 15.9 Å². The van der Waals surface area contributed by atoms with Gasteiger partial charge in [0.1, 0.15) is 4.90 Å². The number of aryl methyl sites for hydroxylation is 1. The number of aromatic nitrogens is 4. The summed E-state index contributed by atoms with van der Waals surface area (Å²) in [6.07, 6.45) is 2.99. The van der Waals surface area contributed by atoms with E-state index in [0.717, 1.165) is 0 Å². The standard InChI is InChI=1S/C10H12BrN5O2S/c1-7-9(6-12-14(7)2)19(17,18)16-4-3-15-10(16)8(11)5-13-15/h5-6H,3-4H2,1-2H3. The summed E-state index contributed by atoms with van der Waals surface area (Å²) in [4.78, 5) is 0.233. The van der Waals surface area contributed by atoms with E-state index in [0.29, 0.717) is 29.1 Å². The normalized spacial score (nSPS) is 15.0. The highest BCUT2D eigenvalue weighted by Crippen LogP contribution is 2.34. The summed E-state index contributed by atoms with van der Waals surface area (Å²) < 4.78 is 30.7. The lowest BCUT2D eigenvalue weighted by molar-refractivity contribution is 0.590. The molecule has 2 aromatic rings. The quantitative estimate of drug-likeness (QED) is 0.810. The Morgan fingerprint density at radius 3 is 2.63 bits per heavy atom. The van der Waals surface area contributed by atoms with Gasteiger partial charge in [-0.15, -0.1) is 0 Å². The molecule has 0 N–H and O–H groups in total. The molecule has 0 aromatic carbocycles. The maximum atomic E-state index is 12.7. The van der Waals surface area contributed by atoms with Crippen molar-refractivity contribution in [2.45, 2.75) is 18.4 Å². The van der Waals surface area contributed by atoms with Gasteiger partial charge in [0, 0.05) is 7.05 Å². The highest BCUT2D eigenvalue weighted by Gasteiger charge is 2.35. The van der Waals surface area contributed by atoms with E-state index in [9.17, 15) is 8.42 Å². The van der Waals surface area contributed by atoms with Crippen molar-refractivity contribution in [3.05, 3.63) is 22.6 Å². The van der Waals surface area contributed by atoms with Gasteiger partial charge in [-0.05, 0) is 22.9 Å². The van der Waals surface area contributed by atoms with Gasteiger partial charge in [-0.25, -0.2) is 17.4 Å². The molecule has 1 aliphatic rings. The Hall–Kier alpha value is -1.35. The van der Waals surface area contributed by atoms with Crippen molar-refractivity contribution in [2.24, 2.45) is 7.05 Å². The highest BCUT2D eigenvalue weighted by molar-refractivity contribution is 9.10. The molecule has 2 aromatic heterocycles. The molecule has 0 bridgehead atoms. The molecule has 3 rings (SSSR count). The molecule has 0 aliphatic carbocycles. The average Bonchev–Trinajstić information content (AvgIpc) is 2.99. The van der Waals surface area contributed by atoms with Crippen LogP contribution in [0.2, 0.25) is 0 Å². The van der Waals surface area contributed by atoms with Crippen LogP contribution in [0.15, 0.2) is 21.8 Å². The van der Waals surface area contributed by atoms with Gasteiger partial charge in [0.2, 0.25) is 0 Å². The largest absolute Gasteiger partial charge is 0.272 e.